The second kappa shape index (κ2) is 10.1. The van der Waals surface area contributed by atoms with Gasteiger partial charge in [0.05, 0.1) is 13.2 Å². The second-order valence-corrected chi connectivity index (χ2v) is 3.74. The molecule has 0 atom stereocenters. The molecular formula is C13H22IN3O. The summed E-state index contributed by atoms with van der Waals surface area (Å²) < 4.78 is 4.92. The number of aliphatic imine (C=N–C) groups is 1. The van der Waals surface area contributed by atoms with Crippen LogP contribution in [-0.4, -0.2) is 26.2 Å². The molecule has 0 saturated heterocycles. The van der Waals surface area contributed by atoms with Crippen molar-refractivity contribution in [3.8, 4) is 0 Å². The Morgan fingerprint density at radius 1 is 1.33 bits per heavy atom. The fraction of sp³-hybridized carbons (Fsp3) is 0.462. The van der Waals surface area contributed by atoms with Crippen LogP contribution in [0.4, 0.5) is 0 Å². The molecule has 1 rings (SSSR count). The minimum atomic E-state index is 0. The molecule has 1 aromatic carbocycles. The maximum Gasteiger partial charge on any atom is 0.188 e. The van der Waals surface area contributed by atoms with Gasteiger partial charge < -0.3 is 15.8 Å². The molecule has 0 amide bonds. The van der Waals surface area contributed by atoms with Gasteiger partial charge in [0.15, 0.2) is 5.96 Å². The second-order valence-electron chi connectivity index (χ2n) is 3.74. The molecule has 0 unspecified atom stereocenters. The number of guanidine groups is 1. The molecule has 0 aliphatic carbocycles. The molecule has 0 aromatic heterocycles. The van der Waals surface area contributed by atoms with Gasteiger partial charge in [-0.3, -0.25) is 0 Å². The lowest BCUT2D eigenvalue weighted by Gasteiger charge is -2.07. The third-order valence-electron chi connectivity index (χ3n) is 2.53. The Kier molecular flexibility index (Phi) is 9.67. The minimum Gasteiger partial charge on any atom is -0.383 e. The number of nitrogens with one attached hydrogen (secondary N) is 1. The van der Waals surface area contributed by atoms with E-state index in [1.165, 1.54) is 11.1 Å². The molecule has 0 heterocycles. The minimum absolute atomic E-state index is 0. The lowest BCUT2D eigenvalue weighted by molar-refractivity contribution is 0.204. The molecule has 0 spiro atoms. The van der Waals surface area contributed by atoms with Gasteiger partial charge in [-0.1, -0.05) is 31.2 Å². The van der Waals surface area contributed by atoms with Crippen LogP contribution in [0, 0.1) is 0 Å². The molecule has 5 heteroatoms. The maximum absolute atomic E-state index is 5.74. The van der Waals surface area contributed by atoms with Gasteiger partial charge in [-0.05, 0) is 17.5 Å². The average molecular weight is 363 g/mol. The number of rotatable bonds is 6. The van der Waals surface area contributed by atoms with Gasteiger partial charge in [-0.25, -0.2) is 4.99 Å². The summed E-state index contributed by atoms with van der Waals surface area (Å²) in [5, 5.41) is 2.99. The number of halogens is 1. The number of ether oxygens (including phenoxy) is 1. The summed E-state index contributed by atoms with van der Waals surface area (Å²) in [7, 11) is 1.66. The van der Waals surface area contributed by atoms with Crippen molar-refractivity contribution >= 4 is 29.9 Å². The molecule has 0 bridgehead atoms. The maximum atomic E-state index is 5.74. The van der Waals surface area contributed by atoms with Crippen LogP contribution in [0.2, 0.25) is 0 Å². The van der Waals surface area contributed by atoms with Gasteiger partial charge in [-0.2, -0.15) is 0 Å². The zero-order chi connectivity index (χ0) is 12.5. The first-order chi connectivity index (χ1) is 8.27. The van der Waals surface area contributed by atoms with E-state index in [1.807, 2.05) is 12.1 Å². The number of aryl methyl sites for hydroxylation is 1. The predicted octanol–water partition coefficient (Wildman–Crippen LogP) is 1.92. The van der Waals surface area contributed by atoms with Gasteiger partial charge in [0.25, 0.3) is 0 Å². The van der Waals surface area contributed by atoms with Crippen molar-refractivity contribution in [3.63, 3.8) is 0 Å². The Morgan fingerprint density at radius 2 is 2.00 bits per heavy atom. The predicted molar refractivity (Wildman–Crippen MR) is 86.4 cm³/mol. The van der Waals surface area contributed by atoms with Crippen molar-refractivity contribution in [2.45, 2.75) is 19.9 Å². The molecule has 0 saturated carbocycles. The first-order valence-electron chi connectivity index (χ1n) is 5.87. The number of methoxy groups -OCH3 is 1. The van der Waals surface area contributed by atoms with E-state index < -0.39 is 0 Å². The summed E-state index contributed by atoms with van der Waals surface area (Å²) in [5.41, 5.74) is 8.29. The highest BCUT2D eigenvalue weighted by Crippen LogP contribution is 2.10. The Bertz CT molecular complexity index is 369. The number of benzene rings is 1. The van der Waals surface area contributed by atoms with Gasteiger partial charge in [0.2, 0.25) is 0 Å². The lowest BCUT2D eigenvalue weighted by atomic mass is 10.1. The standard InChI is InChI=1S/C13H21N3O.HI/c1-3-11-6-4-5-7-12(11)10-16-13(14)15-8-9-17-2;/h4-7H,3,8-10H2,1-2H3,(H3,14,15,16);1H. The van der Waals surface area contributed by atoms with Gasteiger partial charge in [-0.15, -0.1) is 24.0 Å². The van der Waals surface area contributed by atoms with Gasteiger partial charge in [0, 0.05) is 13.7 Å². The third kappa shape index (κ3) is 6.20. The first kappa shape index (κ1) is 17.2. The lowest BCUT2D eigenvalue weighted by Crippen LogP contribution is -2.34. The van der Waals surface area contributed by atoms with Crippen LogP contribution in [0.1, 0.15) is 18.1 Å². The van der Waals surface area contributed by atoms with E-state index in [0.29, 0.717) is 25.7 Å². The monoisotopic (exact) mass is 363 g/mol. The van der Waals surface area contributed by atoms with Crippen LogP contribution in [0.15, 0.2) is 29.3 Å². The van der Waals surface area contributed by atoms with E-state index in [0.717, 1.165) is 6.42 Å². The van der Waals surface area contributed by atoms with Crippen molar-refractivity contribution in [1.82, 2.24) is 5.32 Å². The van der Waals surface area contributed by atoms with Gasteiger partial charge >= 0.3 is 0 Å². The quantitative estimate of drug-likeness (QED) is 0.351. The van der Waals surface area contributed by atoms with Crippen LogP contribution in [0.3, 0.4) is 0 Å². The molecule has 1 aromatic rings. The summed E-state index contributed by atoms with van der Waals surface area (Å²) >= 11 is 0. The van der Waals surface area contributed by atoms with Crippen molar-refractivity contribution in [1.29, 1.82) is 0 Å². The molecule has 102 valence electrons. The topological polar surface area (TPSA) is 59.6 Å². The Balaban J connectivity index is 0.00000289. The molecule has 0 aliphatic rings. The van der Waals surface area contributed by atoms with Crippen LogP contribution >= 0.6 is 24.0 Å². The number of nitrogens with two attached hydrogens (primary N) is 1. The van der Waals surface area contributed by atoms with E-state index >= 15 is 0 Å². The fourth-order valence-electron chi connectivity index (χ4n) is 1.56. The van der Waals surface area contributed by atoms with Crippen LogP contribution in [-0.2, 0) is 17.7 Å². The summed E-state index contributed by atoms with van der Waals surface area (Å²) in [6.07, 6.45) is 1.02. The third-order valence-corrected chi connectivity index (χ3v) is 2.53. The Labute approximate surface area is 126 Å². The molecule has 0 aliphatic heterocycles. The van der Waals surface area contributed by atoms with Gasteiger partial charge in [0.1, 0.15) is 0 Å². The van der Waals surface area contributed by atoms with Crippen molar-refractivity contribution in [3.05, 3.63) is 35.4 Å². The zero-order valence-corrected chi connectivity index (χ0v) is 13.3. The average Bonchev–Trinajstić information content (AvgIpc) is 2.37. The molecule has 3 N–H and O–H groups in total. The molecule has 0 fully saturated rings. The largest absolute Gasteiger partial charge is 0.383 e. The van der Waals surface area contributed by atoms with Crippen molar-refractivity contribution in [2.75, 3.05) is 20.3 Å². The van der Waals surface area contributed by atoms with E-state index in [-0.39, 0.29) is 24.0 Å². The molecule has 0 radical (unpaired) electrons. The molecule has 18 heavy (non-hydrogen) atoms. The fourth-order valence-corrected chi connectivity index (χ4v) is 1.56. The SMILES string of the molecule is CCc1ccccc1CN=C(N)NCCOC.I. The smallest absolute Gasteiger partial charge is 0.188 e. The zero-order valence-electron chi connectivity index (χ0n) is 11.0. The summed E-state index contributed by atoms with van der Waals surface area (Å²) in [6, 6.07) is 8.29. The number of hydrogen-bond acceptors (Lipinski definition) is 2. The molecule has 4 nitrogen and oxygen atoms in total. The normalized spacial score (nSPS) is 10.9. The highest BCUT2D eigenvalue weighted by Gasteiger charge is 1.98. The Hall–Kier alpha value is -0.820. The van der Waals surface area contributed by atoms with Crippen molar-refractivity contribution < 1.29 is 4.74 Å². The highest BCUT2D eigenvalue weighted by molar-refractivity contribution is 14.0. The summed E-state index contributed by atoms with van der Waals surface area (Å²) in [6.45, 7) is 4.07. The number of hydrogen-bond donors (Lipinski definition) is 2. The first-order valence-corrected chi connectivity index (χ1v) is 5.87. The Morgan fingerprint density at radius 3 is 2.61 bits per heavy atom. The molecular weight excluding hydrogens is 341 g/mol. The van der Waals surface area contributed by atoms with Crippen molar-refractivity contribution in [2.24, 2.45) is 10.7 Å². The van der Waals surface area contributed by atoms with E-state index in [9.17, 15) is 0 Å². The van der Waals surface area contributed by atoms with E-state index in [1.54, 1.807) is 7.11 Å². The van der Waals surface area contributed by atoms with E-state index in [4.69, 9.17) is 10.5 Å². The van der Waals surface area contributed by atoms with Crippen LogP contribution in [0.25, 0.3) is 0 Å². The van der Waals surface area contributed by atoms with Crippen LogP contribution < -0.4 is 11.1 Å². The van der Waals surface area contributed by atoms with E-state index in [2.05, 4.69) is 29.4 Å². The number of nitrogens with zero attached hydrogens (tertiary/aromatic N) is 1. The highest BCUT2D eigenvalue weighted by atomic mass is 127. The van der Waals surface area contributed by atoms with Crippen LogP contribution in [0.5, 0.6) is 0 Å². The summed E-state index contributed by atoms with van der Waals surface area (Å²) in [4.78, 5) is 4.30. The summed E-state index contributed by atoms with van der Waals surface area (Å²) in [5.74, 6) is 0.466.